The molecule has 2 rings (SSSR count). The van der Waals surface area contributed by atoms with Crippen LogP contribution in [0, 0.1) is 0 Å². The summed E-state index contributed by atoms with van der Waals surface area (Å²) in [5.74, 6) is 0.248. The number of piperidine rings is 1. The second-order valence-electron chi connectivity index (χ2n) is 6.78. The zero-order chi connectivity index (χ0) is 14.8. The van der Waals surface area contributed by atoms with Crippen LogP contribution in [0.25, 0.3) is 0 Å². The number of hydrogen-bond donors (Lipinski definition) is 1. The zero-order valence-corrected chi connectivity index (χ0v) is 12.9. The maximum absolute atomic E-state index is 11.8. The van der Waals surface area contributed by atoms with Crippen molar-refractivity contribution in [2.24, 2.45) is 5.73 Å². The number of carbonyl (C=O) groups excluding carboxylic acids is 1. The highest BCUT2D eigenvalue weighted by Crippen LogP contribution is 2.24. The molecular weight excluding hydrogens is 248 g/mol. The Morgan fingerprint density at radius 3 is 2.40 bits per heavy atom. The summed E-state index contributed by atoms with van der Waals surface area (Å²) in [6.45, 7) is 8.09. The van der Waals surface area contributed by atoms with Gasteiger partial charge in [0.25, 0.3) is 0 Å². The van der Waals surface area contributed by atoms with E-state index in [-0.39, 0.29) is 17.4 Å². The van der Waals surface area contributed by atoms with Gasteiger partial charge in [-0.15, -0.1) is 0 Å². The highest BCUT2D eigenvalue weighted by Gasteiger charge is 2.21. The van der Waals surface area contributed by atoms with Crippen LogP contribution in [0.3, 0.4) is 0 Å². The molecule has 1 amide bonds. The van der Waals surface area contributed by atoms with Crippen LogP contribution in [-0.4, -0.2) is 23.9 Å². The predicted molar refractivity (Wildman–Crippen MR) is 82.5 cm³/mol. The second-order valence-corrected chi connectivity index (χ2v) is 6.78. The zero-order valence-electron chi connectivity index (χ0n) is 12.9. The second kappa shape index (κ2) is 5.96. The lowest BCUT2D eigenvalue weighted by Crippen LogP contribution is -2.40. The molecular formula is C17H26N2O. The lowest BCUT2D eigenvalue weighted by atomic mass is 9.86. The number of benzene rings is 1. The van der Waals surface area contributed by atoms with Gasteiger partial charge in [0.15, 0.2) is 0 Å². The van der Waals surface area contributed by atoms with Crippen molar-refractivity contribution in [3.05, 3.63) is 35.4 Å². The number of nitrogens with zero attached hydrogens (tertiary/aromatic N) is 1. The van der Waals surface area contributed by atoms with Crippen molar-refractivity contribution >= 4 is 5.91 Å². The molecule has 0 radical (unpaired) electrons. The molecule has 1 saturated heterocycles. The predicted octanol–water partition coefficient (Wildman–Crippen LogP) is 3.00. The fourth-order valence-corrected chi connectivity index (χ4v) is 2.63. The summed E-state index contributed by atoms with van der Waals surface area (Å²) in [4.78, 5) is 13.7. The number of hydrogen-bond acceptors (Lipinski definition) is 2. The van der Waals surface area contributed by atoms with Gasteiger partial charge in [-0.3, -0.25) is 4.79 Å². The van der Waals surface area contributed by atoms with E-state index < -0.39 is 0 Å². The molecule has 2 N–H and O–H groups in total. The summed E-state index contributed by atoms with van der Waals surface area (Å²) in [5.41, 5.74) is 8.83. The first kappa shape index (κ1) is 15.0. The van der Waals surface area contributed by atoms with Gasteiger partial charge in [0.05, 0.1) is 0 Å². The van der Waals surface area contributed by atoms with E-state index in [0.717, 1.165) is 24.9 Å². The van der Waals surface area contributed by atoms with Gasteiger partial charge in [-0.05, 0) is 29.4 Å². The molecule has 1 unspecified atom stereocenters. The third-order valence-corrected chi connectivity index (χ3v) is 4.04. The molecule has 1 heterocycles. The Balaban J connectivity index is 2.02. The number of likely N-dealkylation sites (tertiary alicyclic amines) is 1. The molecule has 1 aliphatic heterocycles. The topological polar surface area (TPSA) is 46.3 Å². The van der Waals surface area contributed by atoms with Crippen molar-refractivity contribution in [1.29, 1.82) is 0 Å². The van der Waals surface area contributed by atoms with Crippen LogP contribution in [0.4, 0.5) is 0 Å². The molecule has 3 heteroatoms. The minimum absolute atomic E-state index is 0.0916. The Bertz CT molecular complexity index is 459. The standard InChI is InChI=1S/C17H26N2O/c1-17(2,3)14-9-7-13(8-10-14)15(18)12-19-11-5-4-6-16(19)20/h7-10,15H,4-6,11-12,18H2,1-3H3. The van der Waals surface area contributed by atoms with E-state index in [4.69, 9.17) is 5.73 Å². The molecule has 0 saturated carbocycles. The summed E-state index contributed by atoms with van der Waals surface area (Å²) in [6, 6.07) is 8.39. The quantitative estimate of drug-likeness (QED) is 0.921. The van der Waals surface area contributed by atoms with Crippen LogP contribution >= 0.6 is 0 Å². The van der Waals surface area contributed by atoms with Crippen LogP contribution in [0.15, 0.2) is 24.3 Å². The Morgan fingerprint density at radius 2 is 1.85 bits per heavy atom. The van der Waals surface area contributed by atoms with E-state index >= 15 is 0 Å². The van der Waals surface area contributed by atoms with E-state index in [1.54, 1.807) is 0 Å². The summed E-state index contributed by atoms with van der Waals surface area (Å²) in [5, 5.41) is 0. The van der Waals surface area contributed by atoms with E-state index in [2.05, 4.69) is 45.0 Å². The van der Waals surface area contributed by atoms with Crippen molar-refractivity contribution < 1.29 is 4.79 Å². The summed E-state index contributed by atoms with van der Waals surface area (Å²) < 4.78 is 0. The minimum atomic E-state index is -0.0916. The molecule has 0 aromatic heterocycles. The van der Waals surface area contributed by atoms with Crippen molar-refractivity contribution in [2.45, 2.75) is 51.5 Å². The number of rotatable bonds is 3. The van der Waals surface area contributed by atoms with Gasteiger partial charge in [-0.2, -0.15) is 0 Å². The highest BCUT2D eigenvalue weighted by atomic mass is 16.2. The van der Waals surface area contributed by atoms with Crippen LogP contribution < -0.4 is 5.73 Å². The molecule has 1 fully saturated rings. The van der Waals surface area contributed by atoms with Crippen LogP contribution in [0.2, 0.25) is 0 Å². The van der Waals surface area contributed by atoms with Crippen molar-refractivity contribution in [2.75, 3.05) is 13.1 Å². The normalized spacial score (nSPS) is 18.2. The third kappa shape index (κ3) is 3.60. The maximum Gasteiger partial charge on any atom is 0.222 e. The van der Waals surface area contributed by atoms with Crippen LogP contribution in [0.5, 0.6) is 0 Å². The first-order valence-electron chi connectivity index (χ1n) is 7.52. The Morgan fingerprint density at radius 1 is 1.20 bits per heavy atom. The molecule has 1 atom stereocenters. The molecule has 0 bridgehead atoms. The molecule has 110 valence electrons. The van der Waals surface area contributed by atoms with E-state index in [9.17, 15) is 4.79 Å². The lowest BCUT2D eigenvalue weighted by Gasteiger charge is -2.29. The molecule has 20 heavy (non-hydrogen) atoms. The fraction of sp³-hybridized carbons (Fsp3) is 0.588. The Labute approximate surface area is 122 Å². The van der Waals surface area contributed by atoms with Gasteiger partial charge in [0.1, 0.15) is 0 Å². The summed E-state index contributed by atoms with van der Waals surface area (Å²) in [6.07, 6.45) is 2.79. The van der Waals surface area contributed by atoms with Crippen LogP contribution in [-0.2, 0) is 10.2 Å². The SMILES string of the molecule is CC(C)(C)c1ccc(C(N)CN2CCCCC2=O)cc1. The number of amides is 1. The Kier molecular flexibility index (Phi) is 4.48. The summed E-state index contributed by atoms with van der Waals surface area (Å²) >= 11 is 0. The number of carbonyl (C=O) groups is 1. The average Bonchev–Trinajstić information content (AvgIpc) is 2.40. The molecule has 1 aromatic rings. The minimum Gasteiger partial charge on any atom is -0.341 e. The molecule has 1 aliphatic rings. The molecule has 0 aliphatic carbocycles. The van der Waals surface area contributed by atoms with Crippen molar-refractivity contribution in [1.82, 2.24) is 4.90 Å². The van der Waals surface area contributed by atoms with Gasteiger partial charge in [-0.1, -0.05) is 45.0 Å². The first-order chi connectivity index (χ1) is 9.38. The molecule has 3 nitrogen and oxygen atoms in total. The van der Waals surface area contributed by atoms with Crippen molar-refractivity contribution in [3.8, 4) is 0 Å². The average molecular weight is 274 g/mol. The Hall–Kier alpha value is -1.35. The monoisotopic (exact) mass is 274 g/mol. The van der Waals surface area contributed by atoms with E-state index in [1.807, 2.05) is 4.90 Å². The fourth-order valence-electron chi connectivity index (χ4n) is 2.63. The lowest BCUT2D eigenvalue weighted by molar-refractivity contribution is -0.133. The van der Waals surface area contributed by atoms with Gasteiger partial charge >= 0.3 is 0 Å². The third-order valence-electron chi connectivity index (χ3n) is 4.04. The van der Waals surface area contributed by atoms with Gasteiger partial charge in [-0.25, -0.2) is 0 Å². The van der Waals surface area contributed by atoms with Gasteiger partial charge < -0.3 is 10.6 Å². The number of nitrogens with two attached hydrogens (primary N) is 1. The van der Waals surface area contributed by atoms with Gasteiger partial charge in [0, 0.05) is 25.6 Å². The molecule has 1 aromatic carbocycles. The van der Waals surface area contributed by atoms with E-state index in [1.165, 1.54) is 5.56 Å². The van der Waals surface area contributed by atoms with Gasteiger partial charge in [0.2, 0.25) is 5.91 Å². The largest absolute Gasteiger partial charge is 0.341 e. The maximum atomic E-state index is 11.8. The van der Waals surface area contributed by atoms with E-state index in [0.29, 0.717) is 13.0 Å². The molecule has 0 spiro atoms. The smallest absolute Gasteiger partial charge is 0.222 e. The van der Waals surface area contributed by atoms with Crippen molar-refractivity contribution in [3.63, 3.8) is 0 Å². The highest BCUT2D eigenvalue weighted by molar-refractivity contribution is 5.76. The van der Waals surface area contributed by atoms with Crippen LogP contribution in [0.1, 0.15) is 57.2 Å². The summed E-state index contributed by atoms with van der Waals surface area (Å²) in [7, 11) is 0. The first-order valence-corrected chi connectivity index (χ1v) is 7.52.